The van der Waals surface area contributed by atoms with Crippen molar-refractivity contribution >= 4 is 22.8 Å². The molecule has 0 spiro atoms. The molecule has 7 heteroatoms. The van der Waals surface area contributed by atoms with Crippen LogP contribution in [0.25, 0.3) is 22.2 Å². The molecule has 1 fully saturated rings. The van der Waals surface area contributed by atoms with Gasteiger partial charge in [0.25, 0.3) is 5.91 Å². The van der Waals surface area contributed by atoms with Gasteiger partial charge in [-0.1, -0.05) is 37.5 Å². The third-order valence-electron chi connectivity index (χ3n) is 6.26. The van der Waals surface area contributed by atoms with Crippen molar-refractivity contribution in [1.29, 1.82) is 5.26 Å². The highest BCUT2D eigenvalue weighted by Crippen LogP contribution is 2.29. The highest BCUT2D eigenvalue weighted by Gasteiger charge is 2.35. The summed E-state index contributed by atoms with van der Waals surface area (Å²) in [7, 11) is 1.60. The largest absolute Gasteiger partial charge is 0.497 e. The first-order valence-electron chi connectivity index (χ1n) is 11.4. The molecule has 1 atom stereocenters. The molecule has 1 heterocycles. The summed E-state index contributed by atoms with van der Waals surface area (Å²) in [6.07, 6.45) is 3.00. The molecule has 2 aromatic carbocycles. The summed E-state index contributed by atoms with van der Waals surface area (Å²) >= 11 is 0. The molecule has 3 aromatic rings. The van der Waals surface area contributed by atoms with Crippen LogP contribution < -0.4 is 10.1 Å². The number of hydrogen-bond acceptors (Lipinski definition) is 6. The highest BCUT2D eigenvalue weighted by molar-refractivity contribution is 6.05. The second kappa shape index (κ2) is 9.92. The Bertz CT molecular complexity index is 1240. The van der Waals surface area contributed by atoms with E-state index in [1.807, 2.05) is 42.5 Å². The van der Waals surface area contributed by atoms with Gasteiger partial charge < -0.3 is 14.8 Å². The lowest BCUT2D eigenvalue weighted by Gasteiger charge is -2.32. The maximum atomic E-state index is 13.2. The summed E-state index contributed by atoms with van der Waals surface area (Å²) in [6.45, 7) is 1.52. The Morgan fingerprint density at radius 1 is 1.09 bits per heavy atom. The molecule has 1 amide bonds. The van der Waals surface area contributed by atoms with Crippen LogP contribution in [0.1, 0.15) is 49.4 Å². The molecule has 1 aliphatic carbocycles. The van der Waals surface area contributed by atoms with Crippen LogP contribution in [0.4, 0.5) is 0 Å². The van der Waals surface area contributed by atoms with E-state index in [4.69, 9.17) is 14.5 Å². The maximum absolute atomic E-state index is 13.2. The van der Waals surface area contributed by atoms with Gasteiger partial charge in [0.2, 0.25) is 0 Å². The number of carbonyl (C=O) groups excluding carboxylic acids is 2. The van der Waals surface area contributed by atoms with Crippen LogP contribution in [-0.4, -0.2) is 35.6 Å². The van der Waals surface area contributed by atoms with Crippen molar-refractivity contribution < 1.29 is 19.1 Å². The van der Waals surface area contributed by atoms with Gasteiger partial charge in [-0.15, -0.1) is 0 Å². The summed E-state index contributed by atoms with van der Waals surface area (Å²) < 4.78 is 10.8. The number of nitrogens with one attached hydrogen (secondary N) is 1. The normalized spacial score (nSPS) is 15.7. The van der Waals surface area contributed by atoms with E-state index in [1.54, 1.807) is 19.2 Å². The van der Waals surface area contributed by atoms with E-state index in [0.717, 1.165) is 30.6 Å². The Kier molecular flexibility index (Phi) is 6.78. The van der Waals surface area contributed by atoms with Crippen molar-refractivity contribution in [3.63, 3.8) is 0 Å². The number of para-hydroxylation sites is 1. The number of benzene rings is 2. The van der Waals surface area contributed by atoms with Crippen LogP contribution in [0.15, 0.2) is 54.6 Å². The quantitative estimate of drug-likeness (QED) is 0.534. The zero-order chi connectivity index (χ0) is 24.1. The van der Waals surface area contributed by atoms with Gasteiger partial charge in [-0.25, -0.2) is 9.78 Å². The van der Waals surface area contributed by atoms with E-state index in [-0.39, 0.29) is 0 Å². The SMILES string of the molecule is COc1ccc(-c2cc(C(=O)OC(C)C(=O)NC3(C#N)CCCCC3)c3ccccc3n2)cc1. The molecule has 4 rings (SSSR count). The molecular weight excluding hydrogens is 430 g/mol. The van der Waals surface area contributed by atoms with Crippen molar-refractivity contribution in [3.8, 4) is 23.1 Å². The molecule has 0 bridgehead atoms. The lowest BCUT2D eigenvalue weighted by atomic mass is 9.83. The van der Waals surface area contributed by atoms with Crippen molar-refractivity contribution in [2.75, 3.05) is 7.11 Å². The number of carbonyl (C=O) groups is 2. The van der Waals surface area contributed by atoms with Gasteiger partial charge in [0, 0.05) is 10.9 Å². The summed E-state index contributed by atoms with van der Waals surface area (Å²) in [5.74, 6) is -0.367. The topological polar surface area (TPSA) is 101 Å². The molecule has 7 nitrogen and oxygen atoms in total. The van der Waals surface area contributed by atoms with Crippen molar-refractivity contribution in [3.05, 3.63) is 60.2 Å². The molecule has 0 aliphatic heterocycles. The van der Waals surface area contributed by atoms with E-state index in [1.165, 1.54) is 6.92 Å². The Morgan fingerprint density at radius 2 is 1.79 bits per heavy atom. The van der Waals surface area contributed by atoms with Crippen LogP contribution in [0.5, 0.6) is 5.75 Å². The number of nitrogens with zero attached hydrogens (tertiary/aromatic N) is 2. The summed E-state index contributed by atoms with van der Waals surface area (Å²) in [6, 6.07) is 18.6. The second-order valence-electron chi connectivity index (χ2n) is 8.59. The molecule has 0 radical (unpaired) electrons. The molecule has 1 aromatic heterocycles. The first-order chi connectivity index (χ1) is 16.4. The van der Waals surface area contributed by atoms with E-state index in [9.17, 15) is 14.9 Å². The minimum atomic E-state index is -1.05. The zero-order valence-corrected chi connectivity index (χ0v) is 19.3. The summed E-state index contributed by atoms with van der Waals surface area (Å²) in [5, 5.41) is 13.1. The van der Waals surface area contributed by atoms with Crippen LogP contribution in [-0.2, 0) is 9.53 Å². The fourth-order valence-corrected chi connectivity index (χ4v) is 4.29. The zero-order valence-electron chi connectivity index (χ0n) is 19.3. The summed E-state index contributed by atoms with van der Waals surface area (Å²) in [4.78, 5) is 30.7. The molecule has 1 N–H and O–H groups in total. The lowest BCUT2D eigenvalue weighted by Crippen LogP contribution is -2.52. The van der Waals surface area contributed by atoms with Crippen LogP contribution in [0.2, 0.25) is 0 Å². The molecule has 1 aliphatic rings. The first-order valence-corrected chi connectivity index (χ1v) is 11.4. The van der Waals surface area contributed by atoms with Gasteiger partial charge in [-0.2, -0.15) is 5.26 Å². The molecule has 1 saturated carbocycles. The highest BCUT2D eigenvalue weighted by atomic mass is 16.5. The monoisotopic (exact) mass is 457 g/mol. The van der Waals surface area contributed by atoms with Gasteiger partial charge >= 0.3 is 5.97 Å². The number of aromatic nitrogens is 1. The van der Waals surface area contributed by atoms with Crippen molar-refractivity contribution in [2.45, 2.75) is 50.7 Å². The number of hydrogen-bond donors (Lipinski definition) is 1. The second-order valence-corrected chi connectivity index (χ2v) is 8.59. The van der Waals surface area contributed by atoms with Crippen LogP contribution >= 0.6 is 0 Å². The molecule has 0 saturated heterocycles. The minimum absolute atomic E-state index is 0.323. The number of fused-ring (bicyclic) bond motifs is 1. The number of amides is 1. The molecule has 34 heavy (non-hydrogen) atoms. The fraction of sp³-hybridized carbons (Fsp3) is 0.333. The number of rotatable bonds is 6. The molecular formula is C27H27N3O4. The van der Waals surface area contributed by atoms with Gasteiger partial charge in [0.05, 0.1) is 30.0 Å². The van der Waals surface area contributed by atoms with Crippen LogP contribution in [0.3, 0.4) is 0 Å². The summed E-state index contributed by atoms with van der Waals surface area (Å²) in [5.41, 5.74) is 1.51. The Morgan fingerprint density at radius 3 is 2.47 bits per heavy atom. The van der Waals surface area contributed by atoms with Crippen LogP contribution in [0, 0.1) is 11.3 Å². The van der Waals surface area contributed by atoms with E-state index < -0.39 is 23.5 Å². The van der Waals surface area contributed by atoms with Gasteiger partial charge in [-0.3, -0.25) is 4.79 Å². The van der Waals surface area contributed by atoms with E-state index >= 15 is 0 Å². The third kappa shape index (κ3) is 4.86. The maximum Gasteiger partial charge on any atom is 0.339 e. The molecule has 174 valence electrons. The van der Waals surface area contributed by atoms with Gasteiger partial charge in [0.15, 0.2) is 6.10 Å². The number of nitriles is 1. The Hall–Kier alpha value is -3.92. The molecule has 1 unspecified atom stereocenters. The van der Waals surface area contributed by atoms with E-state index in [2.05, 4.69) is 11.4 Å². The van der Waals surface area contributed by atoms with Gasteiger partial charge in [-0.05, 0) is 56.2 Å². The fourth-order valence-electron chi connectivity index (χ4n) is 4.29. The lowest BCUT2D eigenvalue weighted by molar-refractivity contribution is -0.130. The first kappa shape index (κ1) is 23.2. The van der Waals surface area contributed by atoms with E-state index in [0.29, 0.717) is 35.0 Å². The standard InChI is InChI=1S/C27H27N3O4/c1-18(25(31)30-27(17-28)14-6-3-7-15-27)34-26(32)22-16-24(19-10-12-20(33-2)13-11-19)29-23-9-5-4-8-21(22)23/h4-5,8-13,16,18H,3,6-7,14-15H2,1-2H3,(H,30,31). The van der Waals surface area contributed by atoms with Crippen molar-refractivity contribution in [2.24, 2.45) is 0 Å². The predicted molar refractivity (Wildman–Crippen MR) is 128 cm³/mol. The number of ether oxygens (including phenoxy) is 2. The van der Waals surface area contributed by atoms with Gasteiger partial charge in [0.1, 0.15) is 11.3 Å². The minimum Gasteiger partial charge on any atom is -0.497 e. The Balaban J connectivity index is 1.58. The van der Waals surface area contributed by atoms with Crippen molar-refractivity contribution in [1.82, 2.24) is 10.3 Å². The Labute approximate surface area is 198 Å². The average Bonchev–Trinajstić information content (AvgIpc) is 2.88. The number of esters is 1. The predicted octanol–water partition coefficient (Wildman–Crippen LogP) is 4.80. The number of pyridine rings is 1. The third-order valence-corrected chi connectivity index (χ3v) is 6.26. The average molecular weight is 458 g/mol. The smallest absolute Gasteiger partial charge is 0.339 e. The number of methoxy groups -OCH3 is 1.